The molecule has 1 N–H and O–H groups in total. The minimum atomic E-state index is -4.85. The molecule has 1 aromatic rings. The second kappa shape index (κ2) is 4.85. The van der Waals surface area contributed by atoms with Crippen LogP contribution in [0, 0.1) is 0 Å². The number of likely N-dealkylation sites (tertiary alicyclic amines) is 1. The molecule has 1 aromatic carbocycles. The highest BCUT2D eigenvalue weighted by Gasteiger charge is 2.45. The summed E-state index contributed by atoms with van der Waals surface area (Å²) in [6.07, 6.45) is -4.63. The van der Waals surface area contributed by atoms with E-state index in [1.165, 1.54) is 0 Å². The summed E-state index contributed by atoms with van der Waals surface area (Å²) in [5.41, 5.74) is -0.474. The highest BCUT2D eigenvalue weighted by molar-refractivity contribution is 5.81. The van der Waals surface area contributed by atoms with E-state index in [4.69, 9.17) is 0 Å². The van der Waals surface area contributed by atoms with Crippen LogP contribution in [-0.4, -0.2) is 35.2 Å². The molecule has 0 atom stereocenters. The van der Waals surface area contributed by atoms with Crippen molar-refractivity contribution in [1.82, 2.24) is 4.90 Å². The maximum Gasteiger partial charge on any atom is 0.471 e. The molecule has 0 unspecified atom stereocenters. The van der Waals surface area contributed by atoms with Crippen LogP contribution >= 0.6 is 0 Å². The van der Waals surface area contributed by atoms with Crippen LogP contribution < -0.4 is 0 Å². The van der Waals surface area contributed by atoms with Crippen LogP contribution in [-0.2, 0) is 10.4 Å². The van der Waals surface area contributed by atoms with Gasteiger partial charge in [0.2, 0.25) is 0 Å². The molecule has 2 rings (SSSR count). The first kappa shape index (κ1) is 13.9. The number of amides is 1. The third-order valence-corrected chi connectivity index (χ3v) is 3.43. The number of carbonyl (C=O) groups is 1. The molecule has 0 spiro atoms. The van der Waals surface area contributed by atoms with Crippen LogP contribution in [0.25, 0.3) is 0 Å². The Labute approximate surface area is 108 Å². The van der Waals surface area contributed by atoms with E-state index in [0.29, 0.717) is 5.56 Å². The number of rotatable bonds is 1. The Kier molecular flexibility index (Phi) is 3.54. The first-order chi connectivity index (χ1) is 8.83. The molecule has 0 aromatic heterocycles. The van der Waals surface area contributed by atoms with Gasteiger partial charge < -0.3 is 10.0 Å². The van der Waals surface area contributed by atoms with Gasteiger partial charge in [0.15, 0.2) is 0 Å². The van der Waals surface area contributed by atoms with Crippen molar-refractivity contribution < 1.29 is 23.1 Å². The number of carbonyl (C=O) groups excluding carboxylic acids is 1. The molecule has 1 aliphatic rings. The SMILES string of the molecule is O=C(N1CCC(O)(c2ccccc2)CC1)C(F)(F)F. The monoisotopic (exact) mass is 273 g/mol. The Hall–Kier alpha value is -1.56. The van der Waals surface area contributed by atoms with Gasteiger partial charge in [-0.2, -0.15) is 13.2 Å². The third kappa shape index (κ3) is 2.89. The minimum Gasteiger partial charge on any atom is -0.385 e. The van der Waals surface area contributed by atoms with Gasteiger partial charge in [0.05, 0.1) is 5.60 Å². The van der Waals surface area contributed by atoms with E-state index in [-0.39, 0.29) is 25.9 Å². The summed E-state index contributed by atoms with van der Waals surface area (Å²) in [6.45, 7) is -0.187. The first-order valence-corrected chi connectivity index (χ1v) is 5.97. The second-order valence-corrected chi connectivity index (χ2v) is 4.69. The number of piperidine rings is 1. The summed E-state index contributed by atoms with van der Waals surface area (Å²) in [4.78, 5) is 11.8. The standard InChI is InChI=1S/C13H14F3NO2/c14-13(15,16)11(18)17-8-6-12(19,7-9-17)10-4-2-1-3-5-10/h1-5,19H,6-9H2. The van der Waals surface area contributed by atoms with E-state index in [1.54, 1.807) is 30.3 Å². The summed E-state index contributed by atoms with van der Waals surface area (Å²) in [7, 11) is 0. The quantitative estimate of drug-likeness (QED) is 0.851. The van der Waals surface area contributed by atoms with Crippen molar-refractivity contribution in [2.24, 2.45) is 0 Å². The Morgan fingerprint density at radius 3 is 2.16 bits per heavy atom. The molecule has 1 amide bonds. The lowest BCUT2D eigenvalue weighted by Crippen LogP contribution is -2.49. The van der Waals surface area contributed by atoms with E-state index in [0.717, 1.165) is 4.90 Å². The van der Waals surface area contributed by atoms with Gasteiger partial charge in [-0.15, -0.1) is 0 Å². The molecule has 0 bridgehead atoms. The molecule has 6 heteroatoms. The zero-order valence-electron chi connectivity index (χ0n) is 10.2. The molecule has 19 heavy (non-hydrogen) atoms. The van der Waals surface area contributed by atoms with E-state index in [9.17, 15) is 23.1 Å². The zero-order chi connectivity index (χ0) is 14.1. The maximum absolute atomic E-state index is 12.3. The Morgan fingerprint density at radius 2 is 1.68 bits per heavy atom. The molecule has 3 nitrogen and oxygen atoms in total. The largest absolute Gasteiger partial charge is 0.471 e. The van der Waals surface area contributed by atoms with Crippen molar-refractivity contribution in [3.05, 3.63) is 35.9 Å². The maximum atomic E-state index is 12.3. The molecule has 1 heterocycles. The van der Waals surface area contributed by atoms with E-state index >= 15 is 0 Å². The number of alkyl halides is 3. The van der Waals surface area contributed by atoms with Crippen LogP contribution in [0.4, 0.5) is 13.2 Å². The van der Waals surface area contributed by atoms with Gasteiger partial charge in [0, 0.05) is 13.1 Å². The Balaban J connectivity index is 2.05. The highest BCUT2D eigenvalue weighted by Crippen LogP contribution is 2.33. The average molecular weight is 273 g/mol. The summed E-state index contributed by atoms with van der Waals surface area (Å²) in [5, 5.41) is 10.4. The molecule has 0 radical (unpaired) electrons. The lowest BCUT2D eigenvalue weighted by atomic mass is 9.84. The van der Waals surface area contributed by atoms with Crippen molar-refractivity contribution in [2.75, 3.05) is 13.1 Å². The fourth-order valence-corrected chi connectivity index (χ4v) is 2.30. The summed E-state index contributed by atoms with van der Waals surface area (Å²) in [5.74, 6) is -1.83. The normalized spacial score (nSPS) is 19.3. The third-order valence-electron chi connectivity index (χ3n) is 3.43. The van der Waals surface area contributed by atoms with Crippen molar-refractivity contribution in [3.63, 3.8) is 0 Å². The van der Waals surface area contributed by atoms with E-state index in [1.807, 2.05) is 0 Å². The van der Waals surface area contributed by atoms with Gasteiger partial charge in [-0.1, -0.05) is 30.3 Å². The fraction of sp³-hybridized carbons (Fsp3) is 0.462. The van der Waals surface area contributed by atoms with Crippen LogP contribution in [0.3, 0.4) is 0 Å². The van der Waals surface area contributed by atoms with Crippen molar-refractivity contribution >= 4 is 5.91 Å². The molecular formula is C13H14F3NO2. The lowest BCUT2D eigenvalue weighted by molar-refractivity contribution is -0.188. The fourth-order valence-electron chi connectivity index (χ4n) is 2.30. The van der Waals surface area contributed by atoms with Crippen molar-refractivity contribution in [3.8, 4) is 0 Å². The number of hydrogen-bond acceptors (Lipinski definition) is 2. The molecule has 1 fully saturated rings. The lowest BCUT2D eigenvalue weighted by Gasteiger charge is -2.38. The van der Waals surface area contributed by atoms with Crippen LogP contribution in [0.1, 0.15) is 18.4 Å². The number of aliphatic hydroxyl groups is 1. The van der Waals surface area contributed by atoms with Crippen LogP contribution in [0.5, 0.6) is 0 Å². The van der Waals surface area contributed by atoms with Gasteiger partial charge in [0.1, 0.15) is 0 Å². The molecular weight excluding hydrogens is 259 g/mol. The number of halogens is 3. The summed E-state index contributed by atoms with van der Waals surface area (Å²) in [6, 6.07) is 8.80. The average Bonchev–Trinajstić information content (AvgIpc) is 2.39. The molecule has 1 aliphatic heterocycles. The molecule has 0 saturated carbocycles. The summed E-state index contributed by atoms with van der Waals surface area (Å²) < 4.78 is 36.9. The van der Waals surface area contributed by atoms with Gasteiger partial charge in [-0.3, -0.25) is 4.79 Å². The smallest absolute Gasteiger partial charge is 0.385 e. The van der Waals surface area contributed by atoms with Crippen molar-refractivity contribution in [1.29, 1.82) is 0 Å². The number of benzene rings is 1. The second-order valence-electron chi connectivity index (χ2n) is 4.69. The molecule has 0 aliphatic carbocycles. The minimum absolute atomic E-state index is 0.0935. The number of hydrogen-bond donors (Lipinski definition) is 1. The summed E-state index contributed by atoms with van der Waals surface area (Å²) >= 11 is 0. The highest BCUT2D eigenvalue weighted by atomic mass is 19.4. The predicted octanol–water partition coefficient (Wildman–Crippen LogP) is 2.06. The molecule has 1 saturated heterocycles. The van der Waals surface area contributed by atoms with E-state index < -0.39 is 17.7 Å². The van der Waals surface area contributed by atoms with Crippen LogP contribution in [0.15, 0.2) is 30.3 Å². The Bertz CT molecular complexity index is 451. The topological polar surface area (TPSA) is 40.5 Å². The van der Waals surface area contributed by atoms with Crippen LogP contribution in [0.2, 0.25) is 0 Å². The van der Waals surface area contributed by atoms with Gasteiger partial charge in [-0.25, -0.2) is 0 Å². The first-order valence-electron chi connectivity index (χ1n) is 5.97. The van der Waals surface area contributed by atoms with Gasteiger partial charge in [-0.05, 0) is 18.4 Å². The number of nitrogens with zero attached hydrogens (tertiary/aromatic N) is 1. The zero-order valence-corrected chi connectivity index (χ0v) is 10.2. The van der Waals surface area contributed by atoms with Crippen molar-refractivity contribution in [2.45, 2.75) is 24.6 Å². The Morgan fingerprint density at radius 1 is 1.16 bits per heavy atom. The van der Waals surface area contributed by atoms with Gasteiger partial charge >= 0.3 is 12.1 Å². The molecule has 104 valence electrons. The van der Waals surface area contributed by atoms with Gasteiger partial charge in [0.25, 0.3) is 0 Å². The van der Waals surface area contributed by atoms with E-state index in [2.05, 4.69) is 0 Å². The predicted molar refractivity (Wildman–Crippen MR) is 62.2 cm³/mol.